The molecule has 0 radical (unpaired) electrons. The Balaban J connectivity index is 2.24. The third kappa shape index (κ3) is 10.1. The Bertz CT molecular complexity index is 1090. The Kier molecular flexibility index (Phi) is 11.5. The van der Waals surface area contributed by atoms with E-state index in [1.165, 1.54) is 6.07 Å². The van der Waals surface area contributed by atoms with E-state index in [2.05, 4.69) is 31.6 Å². The molecule has 38 heavy (non-hydrogen) atoms. The molecule has 5 amide bonds. The standard InChI is InChI=1S/C23H32N8O7/c24-23(25)27-8-3-6-15-21(37)29-12-18(33)31-16(10-19(34)35)22(38)28-11-13-4-1-2-5-14(13)20(36)26-9-7-17(32)30-15/h1-2,4-5,15-16H,3,6-12H2,(H,26,36)(H,28,38)(H,29,37)(H,30,32)(H,31,33)(H,34,35)(H4,24,25,27)/t15?,16-/m1/s1. The van der Waals surface area contributed by atoms with Gasteiger partial charge in [-0.2, -0.15) is 0 Å². The number of aliphatic carboxylic acids is 1. The monoisotopic (exact) mass is 532 g/mol. The van der Waals surface area contributed by atoms with Gasteiger partial charge in [0.2, 0.25) is 23.6 Å². The summed E-state index contributed by atoms with van der Waals surface area (Å²) in [4.78, 5) is 78.1. The number of benzene rings is 1. The Hall–Kier alpha value is -4.69. The van der Waals surface area contributed by atoms with Crippen LogP contribution in [0.1, 0.15) is 41.6 Å². The Morgan fingerprint density at radius 3 is 2.29 bits per heavy atom. The third-order valence-electron chi connectivity index (χ3n) is 5.40. The maximum Gasteiger partial charge on any atom is 0.305 e. The molecule has 1 aliphatic rings. The highest BCUT2D eigenvalue weighted by atomic mass is 16.4. The van der Waals surface area contributed by atoms with Crippen molar-refractivity contribution in [2.75, 3.05) is 19.6 Å². The van der Waals surface area contributed by atoms with Crippen LogP contribution in [0.5, 0.6) is 0 Å². The molecule has 1 aliphatic heterocycles. The molecule has 0 bridgehead atoms. The zero-order valence-electron chi connectivity index (χ0n) is 20.6. The summed E-state index contributed by atoms with van der Waals surface area (Å²) in [7, 11) is 0. The van der Waals surface area contributed by atoms with Gasteiger partial charge in [0.15, 0.2) is 5.96 Å². The van der Waals surface area contributed by atoms with Gasteiger partial charge < -0.3 is 43.2 Å². The predicted molar refractivity (Wildman–Crippen MR) is 134 cm³/mol. The van der Waals surface area contributed by atoms with Crippen LogP contribution in [-0.2, 0) is 30.5 Å². The lowest BCUT2D eigenvalue weighted by molar-refractivity contribution is -0.140. The summed E-state index contributed by atoms with van der Waals surface area (Å²) in [5, 5.41) is 21.5. The second-order valence-corrected chi connectivity index (χ2v) is 8.39. The van der Waals surface area contributed by atoms with Crippen molar-refractivity contribution in [3.63, 3.8) is 0 Å². The van der Waals surface area contributed by atoms with Crippen molar-refractivity contribution >= 4 is 41.5 Å². The fraction of sp³-hybridized carbons (Fsp3) is 0.435. The number of carbonyl (C=O) groups excluding carboxylic acids is 5. The van der Waals surface area contributed by atoms with Crippen molar-refractivity contribution < 1.29 is 33.9 Å². The highest BCUT2D eigenvalue weighted by molar-refractivity contribution is 5.97. The van der Waals surface area contributed by atoms with Crippen LogP contribution >= 0.6 is 0 Å². The quantitative estimate of drug-likeness (QED) is 0.106. The van der Waals surface area contributed by atoms with Crippen LogP contribution in [0.3, 0.4) is 0 Å². The normalized spacial score (nSPS) is 19.7. The SMILES string of the molecule is NC(N)=NCCCC1NC(=O)CCNC(=O)c2ccccc2CNC(=O)[C@@H](CC(=O)O)NC(=O)CNC1=O. The van der Waals surface area contributed by atoms with Crippen molar-refractivity contribution in [1.82, 2.24) is 26.6 Å². The number of aliphatic imine (C=N–C) groups is 1. The van der Waals surface area contributed by atoms with E-state index in [0.717, 1.165) is 0 Å². The van der Waals surface area contributed by atoms with E-state index in [0.29, 0.717) is 12.0 Å². The van der Waals surface area contributed by atoms with Crippen molar-refractivity contribution in [2.45, 2.75) is 44.3 Å². The van der Waals surface area contributed by atoms with Gasteiger partial charge in [0.1, 0.15) is 12.1 Å². The van der Waals surface area contributed by atoms with Crippen molar-refractivity contribution in [1.29, 1.82) is 0 Å². The maximum atomic E-state index is 12.7. The molecular weight excluding hydrogens is 500 g/mol. The molecule has 0 saturated carbocycles. The number of rotatable bonds is 6. The average molecular weight is 533 g/mol. The van der Waals surface area contributed by atoms with Crippen LogP contribution < -0.4 is 38.1 Å². The zero-order chi connectivity index (χ0) is 28.1. The zero-order valence-corrected chi connectivity index (χ0v) is 20.6. The van der Waals surface area contributed by atoms with Crippen molar-refractivity contribution in [3.8, 4) is 0 Å². The van der Waals surface area contributed by atoms with Crippen LogP contribution in [-0.4, -0.2) is 78.3 Å². The minimum atomic E-state index is -1.44. The molecule has 1 aromatic carbocycles. The second-order valence-electron chi connectivity index (χ2n) is 8.39. The Labute approximate surface area is 218 Å². The number of carbonyl (C=O) groups is 6. The number of nitrogens with two attached hydrogens (primary N) is 2. The van der Waals surface area contributed by atoms with Crippen molar-refractivity contribution in [2.24, 2.45) is 16.5 Å². The second kappa shape index (κ2) is 14.8. The first kappa shape index (κ1) is 29.5. The molecule has 10 N–H and O–H groups in total. The Morgan fingerprint density at radius 2 is 1.58 bits per heavy atom. The van der Waals surface area contributed by atoms with Gasteiger partial charge in [-0.05, 0) is 24.5 Å². The average Bonchev–Trinajstić information content (AvgIpc) is 2.86. The first-order valence-corrected chi connectivity index (χ1v) is 11.8. The molecule has 0 saturated heterocycles. The molecule has 0 fully saturated rings. The lowest BCUT2D eigenvalue weighted by Gasteiger charge is -2.20. The number of fused-ring (bicyclic) bond motifs is 1. The fourth-order valence-corrected chi connectivity index (χ4v) is 3.55. The topological polar surface area (TPSA) is 247 Å². The lowest BCUT2D eigenvalue weighted by atomic mass is 10.1. The van der Waals surface area contributed by atoms with Gasteiger partial charge in [0.05, 0.1) is 13.0 Å². The predicted octanol–water partition coefficient (Wildman–Crippen LogP) is -2.95. The van der Waals surface area contributed by atoms with E-state index in [9.17, 15) is 33.9 Å². The van der Waals surface area contributed by atoms with Crippen LogP contribution in [0.2, 0.25) is 0 Å². The van der Waals surface area contributed by atoms with Gasteiger partial charge >= 0.3 is 5.97 Å². The highest BCUT2D eigenvalue weighted by Crippen LogP contribution is 2.09. The smallest absolute Gasteiger partial charge is 0.305 e. The molecule has 1 aromatic rings. The molecular formula is C23H32N8O7. The molecule has 2 atom stereocenters. The summed E-state index contributed by atoms with van der Waals surface area (Å²) in [6, 6.07) is 3.93. The van der Waals surface area contributed by atoms with E-state index in [1.54, 1.807) is 18.2 Å². The lowest BCUT2D eigenvalue weighted by Crippen LogP contribution is -2.52. The largest absolute Gasteiger partial charge is 0.481 e. The number of hydrogen-bond donors (Lipinski definition) is 8. The van der Waals surface area contributed by atoms with Gasteiger partial charge in [0, 0.05) is 31.6 Å². The first-order chi connectivity index (χ1) is 18.1. The molecule has 206 valence electrons. The summed E-state index contributed by atoms with van der Waals surface area (Å²) >= 11 is 0. The van der Waals surface area contributed by atoms with Gasteiger partial charge in [-0.1, -0.05) is 18.2 Å². The first-order valence-electron chi connectivity index (χ1n) is 11.8. The van der Waals surface area contributed by atoms with Crippen LogP contribution in [0, 0.1) is 0 Å². The number of amides is 5. The summed E-state index contributed by atoms with van der Waals surface area (Å²) < 4.78 is 0. The van der Waals surface area contributed by atoms with E-state index in [1.807, 2.05) is 0 Å². The van der Waals surface area contributed by atoms with Crippen LogP contribution in [0.4, 0.5) is 0 Å². The van der Waals surface area contributed by atoms with Gasteiger partial charge in [-0.25, -0.2) is 0 Å². The van der Waals surface area contributed by atoms with Crippen LogP contribution in [0.25, 0.3) is 0 Å². The summed E-state index contributed by atoms with van der Waals surface area (Å²) in [6.45, 7) is -0.519. The Morgan fingerprint density at radius 1 is 0.921 bits per heavy atom. The molecule has 1 unspecified atom stereocenters. The number of guanidine groups is 1. The molecule has 15 heteroatoms. The number of hydrogen-bond acceptors (Lipinski definition) is 7. The van der Waals surface area contributed by atoms with E-state index >= 15 is 0 Å². The summed E-state index contributed by atoms with van der Waals surface area (Å²) in [5.41, 5.74) is 11.3. The summed E-state index contributed by atoms with van der Waals surface area (Å²) in [5.74, 6) is -4.75. The molecule has 1 heterocycles. The molecule has 0 aromatic heterocycles. The molecule has 0 spiro atoms. The molecule has 15 nitrogen and oxygen atoms in total. The number of carboxylic acid groups (broad SMARTS) is 1. The van der Waals surface area contributed by atoms with Gasteiger partial charge in [0.25, 0.3) is 5.91 Å². The number of nitrogens with zero attached hydrogens (tertiary/aromatic N) is 1. The molecule has 2 rings (SSSR count). The van der Waals surface area contributed by atoms with E-state index < -0.39 is 60.6 Å². The minimum Gasteiger partial charge on any atom is -0.481 e. The fourth-order valence-electron chi connectivity index (χ4n) is 3.55. The van der Waals surface area contributed by atoms with Crippen molar-refractivity contribution in [3.05, 3.63) is 35.4 Å². The van der Waals surface area contributed by atoms with E-state index in [-0.39, 0.29) is 44.0 Å². The molecule has 0 aliphatic carbocycles. The third-order valence-corrected chi connectivity index (χ3v) is 5.40. The number of carboxylic acids is 1. The number of nitrogens with one attached hydrogen (secondary N) is 5. The highest BCUT2D eigenvalue weighted by Gasteiger charge is 2.26. The minimum absolute atomic E-state index is 0.0310. The summed E-state index contributed by atoms with van der Waals surface area (Å²) in [6.07, 6.45) is -0.368. The maximum absolute atomic E-state index is 12.7. The van der Waals surface area contributed by atoms with Gasteiger partial charge in [-0.3, -0.25) is 33.8 Å². The van der Waals surface area contributed by atoms with E-state index in [4.69, 9.17) is 11.5 Å². The van der Waals surface area contributed by atoms with Crippen LogP contribution in [0.15, 0.2) is 29.3 Å². The van der Waals surface area contributed by atoms with Gasteiger partial charge in [-0.15, -0.1) is 0 Å².